The van der Waals surface area contributed by atoms with Gasteiger partial charge in [-0.2, -0.15) is 0 Å². The highest BCUT2D eigenvalue weighted by Crippen LogP contribution is 2.18. The lowest BCUT2D eigenvalue weighted by Crippen LogP contribution is -2.45. The van der Waals surface area contributed by atoms with Crippen LogP contribution in [0, 0.1) is 0 Å². The first-order chi connectivity index (χ1) is 11.6. The number of rotatable bonds is 6. The van der Waals surface area contributed by atoms with E-state index in [1.165, 1.54) is 63.5 Å². The summed E-state index contributed by atoms with van der Waals surface area (Å²) in [4.78, 5) is 8.48. The molecule has 1 atom stereocenters. The van der Waals surface area contributed by atoms with Crippen LogP contribution in [0.1, 0.15) is 112 Å². The van der Waals surface area contributed by atoms with E-state index in [0.29, 0.717) is 12.1 Å². The summed E-state index contributed by atoms with van der Waals surface area (Å²) in [5, 5.41) is 4.64. The summed E-state index contributed by atoms with van der Waals surface area (Å²) < 4.78 is 0. The maximum Gasteiger partial charge on any atom is 0.181 e. The van der Waals surface area contributed by atoms with Crippen LogP contribution >= 0.6 is 0 Å². The Morgan fingerprint density at radius 3 is 1.58 bits per heavy atom. The van der Waals surface area contributed by atoms with Gasteiger partial charge in [0.05, 0.1) is 5.71 Å². The SMILES string of the molecule is CCC(ON=C1CCCCCCCCCCC1)N(C(C)C)C(C)C. The van der Waals surface area contributed by atoms with Gasteiger partial charge in [0.25, 0.3) is 0 Å². The van der Waals surface area contributed by atoms with E-state index in [-0.39, 0.29) is 6.23 Å². The summed E-state index contributed by atoms with van der Waals surface area (Å²) in [6.45, 7) is 11.2. The average Bonchev–Trinajstić information content (AvgIpc) is 2.52. The average molecular weight is 339 g/mol. The van der Waals surface area contributed by atoms with Crippen LogP contribution in [-0.2, 0) is 4.84 Å². The monoisotopic (exact) mass is 338 g/mol. The maximum atomic E-state index is 6.05. The lowest BCUT2D eigenvalue weighted by atomic mass is 10.00. The molecule has 0 aromatic carbocycles. The van der Waals surface area contributed by atoms with Crippen molar-refractivity contribution in [2.75, 3.05) is 0 Å². The molecular weight excluding hydrogens is 296 g/mol. The van der Waals surface area contributed by atoms with Crippen molar-refractivity contribution in [3.05, 3.63) is 0 Å². The van der Waals surface area contributed by atoms with Crippen LogP contribution in [0.15, 0.2) is 5.16 Å². The van der Waals surface area contributed by atoms with Crippen LogP contribution in [0.5, 0.6) is 0 Å². The van der Waals surface area contributed by atoms with E-state index in [9.17, 15) is 0 Å². The molecule has 0 aliphatic heterocycles. The number of hydrogen-bond acceptors (Lipinski definition) is 3. The summed E-state index contributed by atoms with van der Waals surface area (Å²) in [6.07, 6.45) is 15.6. The van der Waals surface area contributed by atoms with Crippen molar-refractivity contribution in [3.8, 4) is 0 Å². The maximum absolute atomic E-state index is 6.05. The van der Waals surface area contributed by atoms with Crippen LogP contribution in [0.25, 0.3) is 0 Å². The molecule has 0 amide bonds. The molecule has 0 heterocycles. The Hall–Kier alpha value is -0.570. The predicted molar refractivity (Wildman–Crippen MR) is 105 cm³/mol. The third-order valence-electron chi connectivity index (χ3n) is 5.11. The molecule has 1 aliphatic carbocycles. The fourth-order valence-electron chi connectivity index (χ4n) is 3.85. The van der Waals surface area contributed by atoms with Crippen LogP contribution in [0.2, 0.25) is 0 Å². The van der Waals surface area contributed by atoms with E-state index in [4.69, 9.17) is 4.84 Å². The minimum atomic E-state index is 0.0962. The number of oxime groups is 1. The second kappa shape index (κ2) is 12.7. The van der Waals surface area contributed by atoms with Gasteiger partial charge >= 0.3 is 0 Å². The van der Waals surface area contributed by atoms with Gasteiger partial charge < -0.3 is 4.84 Å². The van der Waals surface area contributed by atoms with Crippen molar-refractivity contribution in [1.82, 2.24) is 4.90 Å². The van der Waals surface area contributed by atoms with E-state index in [0.717, 1.165) is 19.3 Å². The molecule has 142 valence electrons. The Labute approximate surface area is 151 Å². The van der Waals surface area contributed by atoms with Gasteiger partial charge in [-0.25, -0.2) is 0 Å². The highest BCUT2D eigenvalue weighted by molar-refractivity contribution is 5.83. The van der Waals surface area contributed by atoms with Gasteiger partial charge in [-0.15, -0.1) is 0 Å². The van der Waals surface area contributed by atoms with Crippen molar-refractivity contribution >= 4 is 5.71 Å². The second-order valence-electron chi connectivity index (χ2n) is 7.94. The highest BCUT2D eigenvalue weighted by atomic mass is 16.6. The van der Waals surface area contributed by atoms with E-state index in [1.807, 2.05) is 0 Å². The van der Waals surface area contributed by atoms with E-state index in [1.54, 1.807) is 0 Å². The minimum absolute atomic E-state index is 0.0962. The zero-order valence-corrected chi connectivity index (χ0v) is 17.0. The molecule has 1 rings (SSSR count). The van der Waals surface area contributed by atoms with Crippen molar-refractivity contribution in [2.45, 2.75) is 130 Å². The fraction of sp³-hybridized carbons (Fsp3) is 0.952. The molecule has 0 spiro atoms. The smallest absolute Gasteiger partial charge is 0.181 e. The summed E-state index contributed by atoms with van der Waals surface area (Å²) in [7, 11) is 0. The largest absolute Gasteiger partial charge is 0.377 e. The Balaban J connectivity index is 2.62. The Morgan fingerprint density at radius 2 is 1.21 bits per heavy atom. The molecule has 1 fully saturated rings. The molecule has 0 N–H and O–H groups in total. The van der Waals surface area contributed by atoms with Crippen LogP contribution in [0.4, 0.5) is 0 Å². The third kappa shape index (κ3) is 8.50. The minimum Gasteiger partial charge on any atom is -0.377 e. The fourth-order valence-corrected chi connectivity index (χ4v) is 3.85. The molecule has 1 saturated carbocycles. The van der Waals surface area contributed by atoms with Crippen LogP contribution in [-0.4, -0.2) is 28.9 Å². The number of nitrogens with zero attached hydrogens (tertiary/aromatic N) is 2. The van der Waals surface area contributed by atoms with E-state index < -0.39 is 0 Å². The zero-order valence-electron chi connectivity index (χ0n) is 17.0. The third-order valence-corrected chi connectivity index (χ3v) is 5.11. The molecule has 0 aromatic rings. The van der Waals surface area contributed by atoms with Crippen LogP contribution in [0.3, 0.4) is 0 Å². The van der Waals surface area contributed by atoms with Gasteiger partial charge in [0.2, 0.25) is 0 Å². The van der Waals surface area contributed by atoms with E-state index in [2.05, 4.69) is 44.7 Å². The number of hydrogen-bond donors (Lipinski definition) is 0. The summed E-state index contributed by atoms with van der Waals surface area (Å²) in [5.41, 5.74) is 1.29. The molecule has 3 heteroatoms. The standard InChI is InChI=1S/C21H42N2O/c1-6-21(23(18(2)3)19(4)5)24-22-20-16-14-12-10-8-7-9-11-13-15-17-20/h18-19,21H,6-17H2,1-5H3. The van der Waals surface area contributed by atoms with Crippen molar-refractivity contribution in [3.63, 3.8) is 0 Å². The first-order valence-electron chi connectivity index (χ1n) is 10.5. The zero-order chi connectivity index (χ0) is 17.8. The molecule has 3 nitrogen and oxygen atoms in total. The molecule has 0 saturated heterocycles. The first kappa shape index (κ1) is 21.5. The van der Waals surface area contributed by atoms with E-state index >= 15 is 0 Å². The summed E-state index contributed by atoms with van der Waals surface area (Å²) >= 11 is 0. The van der Waals surface area contributed by atoms with Gasteiger partial charge in [0.1, 0.15) is 0 Å². The van der Waals surface area contributed by atoms with Gasteiger partial charge in [0.15, 0.2) is 6.23 Å². The Bertz CT molecular complexity index is 317. The Morgan fingerprint density at radius 1 is 0.792 bits per heavy atom. The molecule has 1 aliphatic rings. The van der Waals surface area contributed by atoms with Crippen molar-refractivity contribution in [1.29, 1.82) is 0 Å². The normalized spacial score (nSPS) is 19.9. The van der Waals surface area contributed by atoms with Gasteiger partial charge in [0, 0.05) is 12.1 Å². The molecule has 1 unspecified atom stereocenters. The molecule has 24 heavy (non-hydrogen) atoms. The molecule has 0 aromatic heterocycles. The predicted octanol–water partition coefficient (Wildman–Crippen LogP) is 6.52. The van der Waals surface area contributed by atoms with Crippen LogP contribution < -0.4 is 0 Å². The molecule has 0 radical (unpaired) electrons. The highest BCUT2D eigenvalue weighted by Gasteiger charge is 2.24. The van der Waals surface area contributed by atoms with Gasteiger partial charge in [-0.05, 0) is 59.8 Å². The quantitative estimate of drug-likeness (QED) is 0.407. The Kier molecular flexibility index (Phi) is 11.4. The lowest BCUT2D eigenvalue weighted by molar-refractivity contribution is -0.0889. The topological polar surface area (TPSA) is 24.8 Å². The molecular formula is C21H42N2O. The van der Waals surface area contributed by atoms with Gasteiger partial charge in [-0.1, -0.05) is 57.0 Å². The summed E-state index contributed by atoms with van der Waals surface area (Å²) in [6, 6.07) is 0.956. The summed E-state index contributed by atoms with van der Waals surface area (Å²) in [5.74, 6) is 0. The van der Waals surface area contributed by atoms with Crippen molar-refractivity contribution < 1.29 is 4.84 Å². The second-order valence-corrected chi connectivity index (χ2v) is 7.94. The van der Waals surface area contributed by atoms with Crippen molar-refractivity contribution in [2.24, 2.45) is 5.16 Å². The van der Waals surface area contributed by atoms with Gasteiger partial charge in [-0.3, -0.25) is 4.90 Å². The lowest BCUT2D eigenvalue weighted by Gasteiger charge is -2.35. The molecule has 0 bridgehead atoms. The first-order valence-corrected chi connectivity index (χ1v) is 10.5.